The average molecular weight is 450 g/mol. The number of benzene rings is 2. The summed E-state index contributed by atoms with van der Waals surface area (Å²) in [6.45, 7) is 3.97. The molecule has 1 amide bonds. The molecule has 0 radical (unpaired) electrons. The van der Waals surface area contributed by atoms with Crippen LogP contribution in [0, 0.1) is 0 Å². The molecule has 0 saturated carbocycles. The van der Waals surface area contributed by atoms with Gasteiger partial charge in [0.15, 0.2) is 0 Å². The van der Waals surface area contributed by atoms with Gasteiger partial charge in [0.1, 0.15) is 30.5 Å². The van der Waals surface area contributed by atoms with Crippen molar-refractivity contribution in [1.82, 2.24) is 10.2 Å². The highest BCUT2D eigenvalue weighted by Crippen LogP contribution is 2.33. The Hall–Kier alpha value is -2.94. The first-order valence-corrected chi connectivity index (χ1v) is 10.6. The van der Waals surface area contributed by atoms with E-state index in [0.717, 1.165) is 48.8 Å². The summed E-state index contributed by atoms with van der Waals surface area (Å²) in [6.07, 6.45) is -1.77. The first kappa shape index (κ1) is 22.3. The van der Waals surface area contributed by atoms with E-state index in [1.165, 1.54) is 25.0 Å². The second-order valence-electron chi connectivity index (χ2n) is 7.89. The van der Waals surface area contributed by atoms with Crippen molar-refractivity contribution in [1.29, 1.82) is 0 Å². The molecular formula is C23H25F3N2O4. The zero-order valence-electron chi connectivity index (χ0n) is 17.5. The fourth-order valence-corrected chi connectivity index (χ4v) is 3.97. The molecule has 0 aromatic heterocycles. The minimum absolute atomic E-state index is 0.237. The lowest BCUT2D eigenvalue weighted by Crippen LogP contribution is -2.42. The van der Waals surface area contributed by atoms with E-state index in [2.05, 4.69) is 15.0 Å². The lowest BCUT2D eigenvalue weighted by atomic mass is 10.0. The van der Waals surface area contributed by atoms with Crippen molar-refractivity contribution in [2.24, 2.45) is 0 Å². The van der Waals surface area contributed by atoms with E-state index >= 15 is 0 Å². The van der Waals surface area contributed by atoms with Gasteiger partial charge in [0.2, 0.25) is 0 Å². The minimum Gasteiger partial charge on any atom is -0.492 e. The Labute approximate surface area is 184 Å². The van der Waals surface area contributed by atoms with E-state index in [4.69, 9.17) is 9.47 Å². The summed E-state index contributed by atoms with van der Waals surface area (Å²) in [5, 5.41) is 2.88. The van der Waals surface area contributed by atoms with Crippen LogP contribution in [-0.4, -0.2) is 56.1 Å². The van der Waals surface area contributed by atoms with E-state index in [1.54, 1.807) is 0 Å². The number of fused-ring (bicyclic) bond motifs is 1. The van der Waals surface area contributed by atoms with Crippen LogP contribution in [-0.2, 0) is 6.42 Å². The van der Waals surface area contributed by atoms with Gasteiger partial charge in [0, 0.05) is 24.1 Å². The molecule has 1 fully saturated rings. The fraction of sp³-hybridized carbons (Fsp3) is 0.435. The third-order valence-corrected chi connectivity index (χ3v) is 5.53. The van der Waals surface area contributed by atoms with Gasteiger partial charge < -0.3 is 19.5 Å². The van der Waals surface area contributed by atoms with E-state index in [0.29, 0.717) is 19.6 Å². The smallest absolute Gasteiger partial charge is 0.492 e. The molecule has 1 atom stereocenters. The van der Waals surface area contributed by atoms with Crippen molar-refractivity contribution in [3.8, 4) is 17.2 Å². The number of carbonyl (C=O) groups is 1. The largest absolute Gasteiger partial charge is 0.573 e. The molecule has 9 heteroatoms. The van der Waals surface area contributed by atoms with Gasteiger partial charge in [0.05, 0.1) is 6.04 Å². The molecule has 2 aromatic rings. The monoisotopic (exact) mass is 450 g/mol. The number of hydrogen-bond donors (Lipinski definition) is 1. The van der Waals surface area contributed by atoms with Crippen LogP contribution in [0.5, 0.6) is 17.2 Å². The number of likely N-dealkylation sites (tertiary alicyclic amines) is 1. The summed E-state index contributed by atoms with van der Waals surface area (Å²) >= 11 is 0. The predicted octanol–water partition coefficient (Wildman–Crippen LogP) is 3.79. The second-order valence-corrected chi connectivity index (χ2v) is 7.89. The predicted molar refractivity (Wildman–Crippen MR) is 111 cm³/mol. The van der Waals surface area contributed by atoms with Crippen LogP contribution >= 0.6 is 0 Å². The maximum absolute atomic E-state index is 12.6. The molecule has 6 nitrogen and oxygen atoms in total. The van der Waals surface area contributed by atoms with Gasteiger partial charge in [-0.15, -0.1) is 13.2 Å². The summed E-state index contributed by atoms with van der Waals surface area (Å²) in [6, 6.07) is 10.2. The molecule has 2 aliphatic rings. The van der Waals surface area contributed by atoms with Gasteiger partial charge in [0.25, 0.3) is 5.91 Å². The molecule has 2 heterocycles. The third-order valence-electron chi connectivity index (χ3n) is 5.53. The van der Waals surface area contributed by atoms with Crippen LogP contribution < -0.4 is 19.5 Å². The fourth-order valence-electron chi connectivity index (χ4n) is 3.97. The Morgan fingerprint density at radius 3 is 2.59 bits per heavy atom. The number of rotatable bonds is 7. The molecule has 172 valence electrons. The Kier molecular flexibility index (Phi) is 6.74. The third kappa shape index (κ3) is 5.85. The summed E-state index contributed by atoms with van der Waals surface area (Å²) in [5.74, 6) is 0.713. The second kappa shape index (κ2) is 9.68. The van der Waals surface area contributed by atoms with E-state index in [1.807, 2.05) is 18.2 Å². The number of carbonyl (C=O) groups excluding carboxylic acids is 1. The van der Waals surface area contributed by atoms with Crippen LogP contribution in [0.1, 0.15) is 28.8 Å². The molecule has 0 aliphatic carbocycles. The summed E-state index contributed by atoms with van der Waals surface area (Å²) in [5.41, 5.74) is 1.14. The first-order chi connectivity index (χ1) is 15.4. The van der Waals surface area contributed by atoms with Crippen LogP contribution in [0.2, 0.25) is 0 Å². The highest BCUT2D eigenvalue weighted by molar-refractivity contribution is 5.94. The van der Waals surface area contributed by atoms with Gasteiger partial charge in [-0.2, -0.15) is 0 Å². The van der Waals surface area contributed by atoms with Gasteiger partial charge in [-0.25, -0.2) is 0 Å². The number of nitrogens with one attached hydrogen (secondary N) is 1. The number of hydrogen-bond acceptors (Lipinski definition) is 5. The molecular weight excluding hydrogens is 425 g/mol. The Balaban J connectivity index is 1.34. The van der Waals surface area contributed by atoms with Crippen molar-refractivity contribution in [3.63, 3.8) is 0 Å². The van der Waals surface area contributed by atoms with Crippen molar-refractivity contribution < 1.29 is 32.2 Å². The maximum atomic E-state index is 12.6. The molecule has 0 spiro atoms. The standard InChI is InChI=1S/C23H25F3N2O4/c24-23(25,26)32-18-8-6-16(7-9-18)22(29)27-17-14-19-20(4-3-5-21(19)31-15-17)30-13-12-28-10-1-2-11-28/h3-9,17H,1-2,10-15H2,(H,27,29)/t17-/m0/s1. The first-order valence-electron chi connectivity index (χ1n) is 10.6. The minimum atomic E-state index is -4.77. The number of nitrogens with zero attached hydrogens (tertiary/aromatic N) is 1. The van der Waals surface area contributed by atoms with Crippen molar-refractivity contribution in [2.45, 2.75) is 31.7 Å². The summed E-state index contributed by atoms with van der Waals surface area (Å²) < 4.78 is 52.5. The van der Waals surface area contributed by atoms with Gasteiger partial charge in [-0.1, -0.05) is 6.07 Å². The van der Waals surface area contributed by atoms with Crippen molar-refractivity contribution in [3.05, 3.63) is 53.6 Å². The van der Waals surface area contributed by atoms with Crippen LogP contribution in [0.25, 0.3) is 0 Å². The van der Waals surface area contributed by atoms with Gasteiger partial charge in [-0.05, 0) is 62.3 Å². The normalized spacial score (nSPS) is 18.5. The highest BCUT2D eigenvalue weighted by Gasteiger charge is 2.31. The zero-order chi connectivity index (χ0) is 22.6. The van der Waals surface area contributed by atoms with Gasteiger partial charge in [-0.3, -0.25) is 9.69 Å². The highest BCUT2D eigenvalue weighted by atomic mass is 19.4. The molecule has 4 rings (SSSR count). The van der Waals surface area contributed by atoms with Crippen LogP contribution in [0.4, 0.5) is 13.2 Å². The molecule has 0 bridgehead atoms. The van der Waals surface area contributed by atoms with Crippen LogP contribution in [0.15, 0.2) is 42.5 Å². The summed E-state index contributed by atoms with van der Waals surface area (Å²) in [4.78, 5) is 14.9. The Bertz CT molecular complexity index is 928. The van der Waals surface area contributed by atoms with E-state index < -0.39 is 12.3 Å². The topological polar surface area (TPSA) is 60.0 Å². The van der Waals surface area contributed by atoms with Crippen molar-refractivity contribution in [2.75, 3.05) is 32.8 Å². The Morgan fingerprint density at radius 1 is 1.12 bits per heavy atom. The molecule has 2 aromatic carbocycles. The maximum Gasteiger partial charge on any atom is 0.573 e. The number of halogens is 3. The number of alkyl halides is 3. The molecule has 1 saturated heterocycles. The molecule has 0 unspecified atom stereocenters. The Morgan fingerprint density at radius 2 is 1.88 bits per heavy atom. The quantitative estimate of drug-likeness (QED) is 0.696. The average Bonchev–Trinajstić information content (AvgIpc) is 3.27. The molecule has 1 N–H and O–H groups in total. The van der Waals surface area contributed by atoms with E-state index in [-0.39, 0.29) is 17.4 Å². The van der Waals surface area contributed by atoms with Crippen molar-refractivity contribution >= 4 is 5.91 Å². The van der Waals surface area contributed by atoms with E-state index in [9.17, 15) is 18.0 Å². The zero-order valence-corrected chi connectivity index (χ0v) is 17.5. The summed E-state index contributed by atoms with van der Waals surface area (Å²) in [7, 11) is 0. The lowest BCUT2D eigenvalue weighted by Gasteiger charge is -2.28. The SMILES string of the molecule is O=C(N[C@@H]1COc2cccc(OCCN3CCCC3)c2C1)c1ccc(OC(F)(F)F)cc1. The number of ether oxygens (including phenoxy) is 3. The van der Waals surface area contributed by atoms with Crippen LogP contribution in [0.3, 0.4) is 0 Å². The molecule has 32 heavy (non-hydrogen) atoms. The molecule has 2 aliphatic heterocycles. The number of amides is 1. The lowest BCUT2D eigenvalue weighted by molar-refractivity contribution is -0.274. The van der Waals surface area contributed by atoms with Gasteiger partial charge >= 0.3 is 6.36 Å².